The number of rotatable bonds is 6. The van der Waals surface area contributed by atoms with E-state index in [-0.39, 0.29) is 18.9 Å². The molecule has 0 unspecified atom stereocenters. The van der Waals surface area contributed by atoms with Gasteiger partial charge in [-0.25, -0.2) is 4.68 Å². The molecule has 22 heavy (non-hydrogen) atoms. The third-order valence-electron chi connectivity index (χ3n) is 3.25. The molecule has 0 saturated heterocycles. The van der Waals surface area contributed by atoms with Crippen LogP contribution in [0, 0.1) is 6.92 Å². The predicted molar refractivity (Wildman–Crippen MR) is 80.6 cm³/mol. The van der Waals surface area contributed by atoms with Crippen molar-refractivity contribution in [3.63, 3.8) is 0 Å². The number of carboxylic acid groups (broad SMARTS) is 1. The van der Waals surface area contributed by atoms with E-state index in [1.807, 2.05) is 38.1 Å². The molecular weight excluding hydrogens is 284 g/mol. The fourth-order valence-electron chi connectivity index (χ4n) is 2.22. The first-order valence-corrected chi connectivity index (χ1v) is 6.97. The summed E-state index contributed by atoms with van der Waals surface area (Å²) in [7, 11) is 0. The first-order chi connectivity index (χ1) is 10.5. The van der Waals surface area contributed by atoms with Gasteiger partial charge in [0.05, 0.1) is 18.3 Å². The van der Waals surface area contributed by atoms with E-state index in [0.29, 0.717) is 12.2 Å². The van der Waals surface area contributed by atoms with Crippen molar-refractivity contribution in [3.8, 4) is 0 Å². The molecule has 0 aliphatic carbocycles. The number of carbonyl (C=O) groups is 2. The van der Waals surface area contributed by atoms with Gasteiger partial charge in [0.15, 0.2) is 0 Å². The van der Waals surface area contributed by atoms with E-state index in [4.69, 9.17) is 5.11 Å². The normalized spacial score (nSPS) is 10.5. The molecule has 116 valence electrons. The molecule has 7 heteroatoms. The van der Waals surface area contributed by atoms with E-state index in [1.165, 1.54) is 10.9 Å². The Morgan fingerprint density at radius 3 is 2.77 bits per heavy atom. The van der Waals surface area contributed by atoms with Crippen molar-refractivity contribution in [2.45, 2.75) is 26.8 Å². The number of aliphatic carboxylic acids is 1. The maximum absolute atomic E-state index is 12.5. The van der Waals surface area contributed by atoms with E-state index in [1.54, 1.807) is 4.90 Å². The van der Waals surface area contributed by atoms with E-state index < -0.39 is 5.97 Å². The molecule has 1 heterocycles. The molecule has 0 spiro atoms. The second-order valence-electron chi connectivity index (χ2n) is 4.93. The highest BCUT2D eigenvalue weighted by Crippen LogP contribution is 2.16. The van der Waals surface area contributed by atoms with Crippen LogP contribution in [0.3, 0.4) is 0 Å². The minimum absolute atomic E-state index is 0.0373. The number of nitrogens with zero attached hydrogens (tertiary/aromatic N) is 4. The van der Waals surface area contributed by atoms with Crippen molar-refractivity contribution in [2.24, 2.45) is 0 Å². The Balaban J connectivity index is 2.16. The highest BCUT2D eigenvalue weighted by Gasteiger charge is 2.17. The number of hydrogen-bond acceptors (Lipinski definition) is 4. The molecule has 1 N–H and O–H groups in total. The molecule has 1 aromatic heterocycles. The molecule has 1 amide bonds. The number of anilines is 1. The lowest BCUT2D eigenvalue weighted by molar-refractivity contribution is -0.136. The fraction of sp³-hybridized carbons (Fsp3) is 0.333. The van der Waals surface area contributed by atoms with Gasteiger partial charge in [-0.05, 0) is 31.5 Å². The lowest BCUT2D eigenvalue weighted by atomic mass is 10.2. The summed E-state index contributed by atoms with van der Waals surface area (Å²) in [4.78, 5) is 24.9. The van der Waals surface area contributed by atoms with Gasteiger partial charge >= 0.3 is 5.97 Å². The second kappa shape index (κ2) is 6.84. The average molecular weight is 302 g/mol. The minimum atomic E-state index is -0.984. The van der Waals surface area contributed by atoms with Gasteiger partial charge in [0.25, 0.3) is 0 Å². The van der Waals surface area contributed by atoms with Crippen molar-refractivity contribution in [1.82, 2.24) is 15.0 Å². The number of hydrogen-bond donors (Lipinski definition) is 1. The minimum Gasteiger partial charge on any atom is -0.481 e. The molecule has 0 bridgehead atoms. The fourth-order valence-corrected chi connectivity index (χ4v) is 2.22. The third-order valence-corrected chi connectivity index (χ3v) is 3.25. The van der Waals surface area contributed by atoms with Crippen LogP contribution in [0.4, 0.5) is 5.69 Å². The highest BCUT2D eigenvalue weighted by atomic mass is 16.4. The molecule has 2 aromatic rings. The zero-order valence-electron chi connectivity index (χ0n) is 12.6. The zero-order chi connectivity index (χ0) is 16.1. The van der Waals surface area contributed by atoms with Crippen molar-refractivity contribution in [2.75, 3.05) is 11.4 Å². The number of likely N-dealkylation sites (N-methyl/N-ethyl adjacent to an activating group) is 1. The van der Waals surface area contributed by atoms with Crippen LogP contribution < -0.4 is 4.90 Å². The van der Waals surface area contributed by atoms with Crippen LogP contribution in [-0.2, 0) is 22.6 Å². The lowest BCUT2D eigenvalue weighted by Gasteiger charge is -2.21. The van der Waals surface area contributed by atoms with Gasteiger partial charge in [-0.1, -0.05) is 17.3 Å². The standard InChI is InChI=1S/C15H18N4O3/c1-3-18(12-6-4-5-11(2)7-12)14(20)10-19-13(8-15(21)22)9-16-17-19/h4-7,9H,3,8,10H2,1-2H3,(H,21,22). The number of aromatic nitrogens is 3. The molecule has 7 nitrogen and oxygen atoms in total. The number of aryl methyl sites for hydroxylation is 1. The monoisotopic (exact) mass is 302 g/mol. The van der Waals surface area contributed by atoms with E-state index in [9.17, 15) is 9.59 Å². The largest absolute Gasteiger partial charge is 0.481 e. The van der Waals surface area contributed by atoms with Gasteiger partial charge in [-0.2, -0.15) is 0 Å². The van der Waals surface area contributed by atoms with Gasteiger partial charge in [0.1, 0.15) is 6.54 Å². The second-order valence-corrected chi connectivity index (χ2v) is 4.93. The summed E-state index contributed by atoms with van der Waals surface area (Å²) in [5, 5.41) is 16.3. The Morgan fingerprint density at radius 1 is 1.36 bits per heavy atom. The van der Waals surface area contributed by atoms with Crippen LogP contribution in [0.1, 0.15) is 18.2 Å². The highest BCUT2D eigenvalue weighted by molar-refractivity contribution is 5.93. The van der Waals surface area contributed by atoms with Crippen LogP contribution in [0.5, 0.6) is 0 Å². The van der Waals surface area contributed by atoms with Gasteiger partial charge in [0, 0.05) is 12.2 Å². The lowest BCUT2D eigenvalue weighted by Crippen LogP contribution is -2.34. The number of carboxylic acids is 1. The maximum Gasteiger partial charge on any atom is 0.309 e. The summed E-state index contributed by atoms with van der Waals surface area (Å²) in [6.07, 6.45) is 1.15. The smallest absolute Gasteiger partial charge is 0.309 e. The Labute approximate surface area is 128 Å². The molecule has 0 fully saturated rings. The van der Waals surface area contributed by atoms with Crippen LogP contribution in [0.2, 0.25) is 0 Å². The van der Waals surface area contributed by atoms with Gasteiger partial charge in [-0.3, -0.25) is 9.59 Å². The summed E-state index contributed by atoms with van der Waals surface area (Å²) < 4.78 is 1.33. The van der Waals surface area contributed by atoms with Gasteiger partial charge in [0.2, 0.25) is 5.91 Å². The Kier molecular flexibility index (Phi) is 4.88. The molecule has 2 rings (SSSR count). The van der Waals surface area contributed by atoms with Crippen LogP contribution in [0.15, 0.2) is 30.5 Å². The van der Waals surface area contributed by atoms with Crippen LogP contribution in [-0.4, -0.2) is 38.5 Å². The van der Waals surface area contributed by atoms with E-state index >= 15 is 0 Å². The first-order valence-electron chi connectivity index (χ1n) is 6.97. The van der Waals surface area contributed by atoms with E-state index in [2.05, 4.69) is 10.3 Å². The summed E-state index contributed by atoms with van der Waals surface area (Å²) in [5.41, 5.74) is 2.28. The number of carbonyl (C=O) groups excluding carboxylic acids is 1. The van der Waals surface area contributed by atoms with Gasteiger partial charge in [-0.15, -0.1) is 5.10 Å². The number of amides is 1. The molecule has 0 atom stereocenters. The van der Waals surface area contributed by atoms with Crippen LogP contribution >= 0.6 is 0 Å². The van der Waals surface area contributed by atoms with Gasteiger partial charge < -0.3 is 10.0 Å². The third kappa shape index (κ3) is 3.69. The quantitative estimate of drug-likeness (QED) is 0.868. The number of benzene rings is 1. The van der Waals surface area contributed by atoms with E-state index in [0.717, 1.165) is 11.3 Å². The Morgan fingerprint density at radius 2 is 2.14 bits per heavy atom. The molecule has 0 aliphatic heterocycles. The molecule has 0 aliphatic rings. The zero-order valence-corrected chi connectivity index (χ0v) is 12.6. The van der Waals surface area contributed by atoms with Crippen molar-refractivity contribution < 1.29 is 14.7 Å². The first kappa shape index (κ1) is 15.7. The summed E-state index contributed by atoms with van der Waals surface area (Å²) in [6.45, 7) is 4.33. The average Bonchev–Trinajstić information content (AvgIpc) is 2.86. The SMILES string of the molecule is CCN(C(=O)Cn1nncc1CC(=O)O)c1cccc(C)c1. The van der Waals surface area contributed by atoms with Crippen LogP contribution in [0.25, 0.3) is 0 Å². The van der Waals surface area contributed by atoms with Crippen molar-refractivity contribution >= 4 is 17.6 Å². The van der Waals surface area contributed by atoms with Crippen molar-refractivity contribution in [1.29, 1.82) is 0 Å². The topological polar surface area (TPSA) is 88.3 Å². The van der Waals surface area contributed by atoms with Crippen molar-refractivity contribution in [3.05, 3.63) is 41.7 Å². The maximum atomic E-state index is 12.5. The summed E-state index contributed by atoms with van der Waals surface area (Å²) in [6, 6.07) is 7.66. The molecular formula is C15H18N4O3. The molecule has 0 radical (unpaired) electrons. The Hall–Kier alpha value is -2.70. The Bertz CT molecular complexity index is 681. The predicted octanol–water partition coefficient (Wildman–Crippen LogP) is 1.27. The summed E-state index contributed by atoms with van der Waals surface area (Å²) in [5.74, 6) is -1.15. The molecule has 1 aromatic carbocycles. The molecule has 0 saturated carbocycles. The summed E-state index contributed by atoms with van der Waals surface area (Å²) >= 11 is 0.